The summed E-state index contributed by atoms with van der Waals surface area (Å²) in [7, 11) is 3.34. The van der Waals surface area contributed by atoms with Crippen LogP contribution in [0.15, 0.2) is 58.5 Å². The number of methoxy groups -OCH3 is 1. The summed E-state index contributed by atoms with van der Waals surface area (Å²) in [6.45, 7) is 2.88. The topological polar surface area (TPSA) is 64.4 Å². The van der Waals surface area contributed by atoms with Crippen LogP contribution in [0.4, 0.5) is 4.39 Å². The molecule has 0 aliphatic carbocycles. The van der Waals surface area contributed by atoms with E-state index in [4.69, 9.17) is 4.74 Å². The zero-order valence-electron chi connectivity index (χ0n) is 17.9. The Hall–Kier alpha value is -2.71. The first-order valence-corrected chi connectivity index (χ1v) is 11.0. The maximum atomic E-state index is 13.2. The Kier molecular flexibility index (Phi) is 7.81. The molecule has 1 amide bonds. The number of aromatic nitrogens is 2. The summed E-state index contributed by atoms with van der Waals surface area (Å²) >= 11 is 1.25. The first-order valence-electron chi connectivity index (χ1n) is 10.0. The SMILES string of the molecule is COCCCn1c(SCC(=O)N(C)C(C)c2ccc(F)cc2)nc2ccccc2c1=O. The van der Waals surface area contributed by atoms with E-state index in [1.807, 2.05) is 19.1 Å². The van der Waals surface area contributed by atoms with E-state index in [0.717, 1.165) is 5.56 Å². The summed E-state index contributed by atoms with van der Waals surface area (Å²) < 4.78 is 19.9. The van der Waals surface area contributed by atoms with Crippen molar-refractivity contribution < 1.29 is 13.9 Å². The Morgan fingerprint density at radius 1 is 1.23 bits per heavy atom. The fourth-order valence-electron chi connectivity index (χ4n) is 3.23. The van der Waals surface area contributed by atoms with Crippen molar-refractivity contribution in [2.24, 2.45) is 0 Å². The van der Waals surface area contributed by atoms with Gasteiger partial charge in [-0.05, 0) is 43.2 Å². The van der Waals surface area contributed by atoms with Crippen LogP contribution in [0.5, 0.6) is 0 Å². The molecule has 31 heavy (non-hydrogen) atoms. The van der Waals surface area contributed by atoms with Gasteiger partial charge in [-0.1, -0.05) is 36.0 Å². The Labute approximate surface area is 185 Å². The lowest BCUT2D eigenvalue weighted by Gasteiger charge is -2.25. The number of benzene rings is 2. The quantitative estimate of drug-likeness (QED) is 0.285. The Morgan fingerprint density at radius 3 is 2.65 bits per heavy atom. The molecule has 0 radical (unpaired) electrons. The standard InChI is InChI=1S/C23H26FN3O3S/c1-16(17-9-11-18(24)12-10-17)26(2)21(28)15-31-23-25-20-8-5-4-7-19(20)22(29)27(23)13-6-14-30-3/h4-5,7-12,16H,6,13-15H2,1-3H3. The van der Waals surface area contributed by atoms with Gasteiger partial charge in [0.2, 0.25) is 5.91 Å². The van der Waals surface area contributed by atoms with Gasteiger partial charge in [-0.3, -0.25) is 14.2 Å². The number of halogens is 1. The number of carbonyl (C=O) groups is 1. The second-order valence-corrected chi connectivity index (χ2v) is 8.18. The molecule has 1 heterocycles. The summed E-state index contributed by atoms with van der Waals surface area (Å²) in [5.41, 5.74) is 1.34. The van der Waals surface area contributed by atoms with Crippen LogP contribution in [-0.4, -0.2) is 46.9 Å². The molecule has 1 atom stereocenters. The molecule has 0 fully saturated rings. The van der Waals surface area contributed by atoms with Crippen molar-refractivity contribution in [3.05, 3.63) is 70.3 Å². The third-order valence-corrected chi connectivity index (χ3v) is 6.17. The van der Waals surface area contributed by atoms with Gasteiger partial charge in [0.05, 0.1) is 22.7 Å². The smallest absolute Gasteiger partial charge is 0.262 e. The number of hydrogen-bond donors (Lipinski definition) is 0. The lowest BCUT2D eigenvalue weighted by atomic mass is 10.1. The number of rotatable bonds is 9. The highest BCUT2D eigenvalue weighted by atomic mass is 32.2. The summed E-state index contributed by atoms with van der Waals surface area (Å²) in [5.74, 6) is -0.279. The normalized spacial score (nSPS) is 12.1. The number of fused-ring (bicyclic) bond motifs is 1. The highest BCUT2D eigenvalue weighted by molar-refractivity contribution is 7.99. The predicted molar refractivity (Wildman–Crippen MR) is 121 cm³/mol. The minimum atomic E-state index is -0.311. The van der Waals surface area contributed by atoms with Gasteiger partial charge in [0.15, 0.2) is 5.16 Å². The zero-order valence-corrected chi connectivity index (χ0v) is 18.7. The summed E-state index contributed by atoms with van der Waals surface area (Å²) in [5, 5.41) is 1.06. The molecule has 0 spiro atoms. The van der Waals surface area contributed by atoms with Gasteiger partial charge in [0.25, 0.3) is 5.56 Å². The second kappa shape index (κ2) is 10.5. The molecule has 1 aromatic heterocycles. The van der Waals surface area contributed by atoms with Gasteiger partial charge < -0.3 is 9.64 Å². The van der Waals surface area contributed by atoms with Crippen LogP contribution in [0.3, 0.4) is 0 Å². The van der Waals surface area contributed by atoms with Crippen LogP contribution < -0.4 is 5.56 Å². The van der Waals surface area contributed by atoms with Gasteiger partial charge in [-0.2, -0.15) is 0 Å². The maximum Gasteiger partial charge on any atom is 0.262 e. The molecule has 6 nitrogen and oxygen atoms in total. The monoisotopic (exact) mass is 443 g/mol. The third-order valence-electron chi connectivity index (χ3n) is 5.21. The number of para-hydroxylation sites is 1. The molecule has 0 saturated heterocycles. The van der Waals surface area contributed by atoms with E-state index in [9.17, 15) is 14.0 Å². The first kappa shape index (κ1) is 23.0. The molecule has 3 aromatic rings. The number of amides is 1. The molecule has 2 aromatic carbocycles. The third kappa shape index (κ3) is 5.51. The van der Waals surface area contributed by atoms with Crippen molar-refractivity contribution in [2.75, 3.05) is 26.5 Å². The minimum Gasteiger partial charge on any atom is -0.385 e. The first-order chi connectivity index (χ1) is 14.9. The minimum absolute atomic E-state index is 0.104. The Morgan fingerprint density at radius 2 is 1.94 bits per heavy atom. The predicted octanol–water partition coefficient (Wildman–Crippen LogP) is 3.88. The van der Waals surface area contributed by atoms with Crippen LogP contribution in [0.25, 0.3) is 10.9 Å². The molecule has 8 heteroatoms. The zero-order chi connectivity index (χ0) is 22.4. The van der Waals surface area contributed by atoms with Crippen LogP contribution in [0, 0.1) is 5.82 Å². The van der Waals surface area contributed by atoms with Crippen molar-refractivity contribution in [3.8, 4) is 0 Å². The molecule has 0 N–H and O–H groups in total. The molecule has 0 aliphatic rings. The van der Waals surface area contributed by atoms with Crippen LogP contribution in [-0.2, 0) is 16.1 Å². The van der Waals surface area contributed by atoms with Gasteiger partial charge in [-0.25, -0.2) is 9.37 Å². The molecule has 3 rings (SSSR count). The molecule has 0 aliphatic heterocycles. The maximum absolute atomic E-state index is 13.2. The van der Waals surface area contributed by atoms with Crippen molar-refractivity contribution >= 4 is 28.6 Å². The fraction of sp³-hybridized carbons (Fsp3) is 0.348. The van der Waals surface area contributed by atoms with E-state index in [1.54, 1.807) is 47.9 Å². The van der Waals surface area contributed by atoms with Crippen LogP contribution >= 0.6 is 11.8 Å². The number of thioether (sulfide) groups is 1. The number of carbonyl (C=O) groups excluding carboxylic acids is 1. The van der Waals surface area contributed by atoms with Crippen molar-refractivity contribution in [1.29, 1.82) is 0 Å². The average Bonchev–Trinajstić information content (AvgIpc) is 2.78. The van der Waals surface area contributed by atoms with E-state index in [0.29, 0.717) is 35.6 Å². The van der Waals surface area contributed by atoms with E-state index in [-0.39, 0.29) is 29.1 Å². The van der Waals surface area contributed by atoms with Crippen molar-refractivity contribution in [3.63, 3.8) is 0 Å². The molecule has 1 unspecified atom stereocenters. The van der Waals surface area contributed by atoms with Crippen molar-refractivity contribution in [1.82, 2.24) is 14.5 Å². The van der Waals surface area contributed by atoms with E-state index < -0.39 is 0 Å². The molecular weight excluding hydrogens is 417 g/mol. The molecule has 164 valence electrons. The molecule has 0 bridgehead atoms. The lowest BCUT2D eigenvalue weighted by molar-refractivity contribution is -0.128. The van der Waals surface area contributed by atoms with Crippen LogP contribution in [0.1, 0.15) is 24.9 Å². The van der Waals surface area contributed by atoms with Gasteiger partial charge in [0, 0.05) is 27.3 Å². The largest absolute Gasteiger partial charge is 0.385 e. The van der Waals surface area contributed by atoms with Gasteiger partial charge in [0.1, 0.15) is 5.82 Å². The average molecular weight is 444 g/mol. The summed E-state index contributed by atoms with van der Waals surface area (Å²) in [4.78, 5) is 32.1. The second-order valence-electron chi connectivity index (χ2n) is 7.24. The number of ether oxygens (including phenoxy) is 1. The molecular formula is C23H26FN3O3S. The summed E-state index contributed by atoms with van der Waals surface area (Å²) in [6, 6.07) is 13.1. The van der Waals surface area contributed by atoms with E-state index in [2.05, 4.69) is 4.98 Å². The Bertz CT molecular complexity index is 1100. The highest BCUT2D eigenvalue weighted by Gasteiger charge is 2.19. The highest BCUT2D eigenvalue weighted by Crippen LogP contribution is 2.23. The van der Waals surface area contributed by atoms with Crippen LogP contribution in [0.2, 0.25) is 0 Å². The lowest BCUT2D eigenvalue weighted by Crippen LogP contribution is -2.31. The van der Waals surface area contributed by atoms with E-state index in [1.165, 1.54) is 23.9 Å². The fourth-order valence-corrected chi connectivity index (χ4v) is 4.18. The van der Waals surface area contributed by atoms with Gasteiger partial charge >= 0.3 is 0 Å². The van der Waals surface area contributed by atoms with Gasteiger partial charge in [-0.15, -0.1) is 0 Å². The number of hydrogen-bond acceptors (Lipinski definition) is 5. The number of nitrogens with zero attached hydrogens (tertiary/aromatic N) is 3. The van der Waals surface area contributed by atoms with Crippen molar-refractivity contribution in [2.45, 2.75) is 31.1 Å². The van der Waals surface area contributed by atoms with E-state index >= 15 is 0 Å². The molecule has 0 saturated carbocycles. The Balaban J connectivity index is 1.78. The summed E-state index contributed by atoms with van der Waals surface area (Å²) in [6.07, 6.45) is 0.666.